The van der Waals surface area contributed by atoms with Gasteiger partial charge in [-0.2, -0.15) is 5.10 Å². The van der Waals surface area contributed by atoms with Crippen molar-refractivity contribution in [2.24, 2.45) is 5.10 Å². The van der Waals surface area contributed by atoms with Crippen molar-refractivity contribution in [3.8, 4) is 11.4 Å². The summed E-state index contributed by atoms with van der Waals surface area (Å²) in [5.74, 6) is -0.110. The van der Waals surface area contributed by atoms with Crippen molar-refractivity contribution in [1.29, 1.82) is 0 Å². The third-order valence-corrected chi connectivity index (χ3v) is 4.40. The number of para-hydroxylation sites is 2. The van der Waals surface area contributed by atoms with Gasteiger partial charge in [-0.05, 0) is 43.4 Å². The highest BCUT2D eigenvalue weighted by atomic mass is 32.1. The molecule has 28 heavy (non-hydrogen) atoms. The van der Waals surface area contributed by atoms with Gasteiger partial charge in [0.1, 0.15) is 11.3 Å². The molecule has 3 rings (SSSR count). The Morgan fingerprint density at radius 2 is 1.89 bits per heavy atom. The molecule has 1 heterocycles. The summed E-state index contributed by atoms with van der Waals surface area (Å²) in [6.07, 6.45) is 1.66. The molecule has 0 amide bonds. The zero-order valence-corrected chi connectivity index (χ0v) is 16.2. The average Bonchev–Trinajstić information content (AvgIpc) is 2.71. The average molecular weight is 392 g/mol. The minimum Gasteiger partial charge on any atom is -0.506 e. The highest BCUT2D eigenvalue weighted by molar-refractivity contribution is 7.80. The topological polar surface area (TPSA) is 78.7 Å². The Balaban J connectivity index is 2.17. The van der Waals surface area contributed by atoms with Crippen molar-refractivity contribution in [1.82, 2.24) is 15.3 Å². The lowest BCUT2D eigenvalue weighted by Crippen LogP contribution is -2.33. The molecule has 0 atom stereocenters. The van der Waals surface area contributed by atoms with Gasteiger partial charge in [-0.15, -0.1) is 6.58 Å². The molecule has 142 valence electrons. The Bertz CT molecular complexity index is 1120. The van der Waals surface area contributed by atoms with Gasteiger partial charge < -0.3 is 10.4 Å². The summed E-state index contributed by atoms with van der Waals surface area (Å²) >= 11 is 5.11. The smallest absolute Gasteiger partial charge is 0.268 e. The van der Waals surface area contributed by atoms with E-state index in [-0.39, 0.29) is 16.9 Å². The Morgan fingerprint density at radius 3 is 2.61 bits per heavy atom. The standard InChI is InChI=1S/C21H20N4O2S/c1-3-13-22-21(28)24-23-14(2)18-19(26)16-11-7-8-12-17(16)25(20(18)27)15-9-5-4-6-10-15/h3-12,26H,1,13H2,2H3,(H2,22,24,28)/b23-14-. The van der Waals surface area contributed by atoms with E-state index in [1.165, 1.54) is 0 Å². The van der Waals surface area contributed by atoms with Crippen LogP contribution < -0.4 is 16.3 Å². The third kappa shape index (κ3) is 3.79. The second-order valence-electron chi connectivity index (χ2n) is 6.02. The summed E-state index contributed by atoms with van der Waals surface area (Å²) < 4.78 is 1.57. The molecule has 0 fully saturated rings. The molecular formula is C21H20N4O2S. The number of fused-ring (bicyclic) bond motifs is 1. The van der Waals surface area contributed by atoms with Crippen LogP contribution in [-0.2, 0) is 0 Å². The van der Waals surface area contributed by atoms with Crippen LogP contribution in [0.15, 0.2) is 77.1 Å². The number of thiocarbonyl (C=S) groups is 1. The summed E-state index contributed by atoms with van der Waals surface area (Å²) in [4.78, 5) is 13.3. The lowest BCUT2D eigenvalue weighted by molar-refractivity contribution is 0.478. The van der Waals surface area contributed by atoms with E-state index in [4.69, 9.17) is 12.2 Å². The first kappa shape index (κ1) is 19.3. The molecule has 0 radical (unpaired) electrons. The molecule has 0 saturated heterocycles. The predicted octanol–water partition coefficient (Wildman–Crippen LogP) is 3.07. The highest BCUT2D eigenvalue weighted by Crippen LogP contribution is 2.28. The number of nitrogens with zero attached hydrogens (tertiary/aromatic N) is 2. The number of benzene rings is 2. The van der Waals surface area contributed by atoms with Crippen LogP contribution in [0.5, 0.6) is 5.75 Å². The Hall–Kier alpha value is -3.45. The SMILES string of the molecule is C=CCNC(=S)N/N=C(/C)c1c(O)c2ccccc2n(-c2ccccc2)c1=O. The van der Waals surface area contributed by atoms with Gasteiger partial charge in [-0.3, -0.25) is 14.8 Å². The van der Waals surface area contributed by atoms with Gasteiger partial charge in [0.15, 0.2) is 5.11 Å². The zero-order chi connectivity index (χ0) is 20.1. The van der Waals surface area contributed by atoms with Gasteiger partial charge in [0.2, 0.25) is 0 Å². The molecule has 3 N–H and O–H groups in total. The number of hydrazone groups is 1. The first-order valence-electron chi connectivity index (χ1n) is 8.66. The van der Waals surface area contributed by atoms with Gasteiger partial charge in [0, 0.05) is 17.6 Å². The van der Waals surface area contributed by atoms with Crippen molar-refractivity contribution in [3.05, 3.63) is 83.2 Å². The molecular weight excluding hydrogens is 372 g/mol. The van der Waals surface area contributed by atoms with Gasteiger partial charge in [-0.25, -0.2) is 0 Å². The molecule has 0 spiro atoms. The molecule has 1 aromatic heterocycles. The molecule has 7 heteroatoms. The number of hydrogen-bond acceptors (Lipinski definition) is 4. The largest absolute Gasteiger partial charge is 0.506 e. The minimum atomic E-state index is -0.365. The Labute approximate surface area is 167 Å². The van der Waals surface area contributed by atoms with Gasteiger partial charge in [0.05, 0.1) is 11.2 Å². The number of aromatic nitrogens is 1. The fraction of sp³-hybridized carbons (Fsp3) is 0.0952. The Kier molecular flexibility index (Phi) is 5.86. The first-order chi connectivity index (χ1) is 13.5. The lowest BCUT2D eigenvalue weighted by atomic mass is 10.1. The molecule has 0 aliphatic rings. The summed E-state index contributed by atoms with van der Waals surface area (Å²) in [5.41, 5.74) is 4.06. The zero-order valence-electron chi connectivity index (χ0n) is 15.3. The highest BCUT2D eigenvalue weighted by Gasteiger charge is 2.19. The van der Waals surface area contributed by atoms with E-state index in [1.807, 2.05) is 42.5 Å². The van der Waals surface area contributed by atoms with Crippen molar-refractivity contribution >= 4 is 33.9 Å². The quantitative estimate of drug-likeness (QED) is 0.269. The summed E-state index contributed by atoms with van der Waals surface area (Å²) in [5, 5.41) is 18.7. The maximum absolute atomic E-state index is 13.3. The number of aromatic hydroxyl groups is 1. The van der Waals surface area contributed by atoms with Crippen LogP contribution in [0, 0.1) is 0 Å². The van der Waals surface area contributed by atoms with Crippen LogP contribution in [-0.4, -0.2) is 27.0 Å². The van der Waals surface area contributed by atoms with E-state index in [0.29, 0.717) is 34.0 Å². The molecule has 0 bridgehead atoms. The fourth-order valence-electron chi connectivity index (χ4n) is 2.88. The maximum atomic E-state index is 13.3. The number of nitrogens with one attached hydrogen (secondary N) is 2. The van der Waals surface area contributed by atoms with Crippen molar-refractivity contribution in [3.63, 3.8) is 0 Å². The van der Waals surface area contributed by atoms with Crippen LogP contribution in [0.1, 0.15) is 12.5 Å². The van der Waals surface area contributed by atoms with E-state index < -0.39 is 0 Å². The number of pyridine rings is 1. The number of hydrogen-bond donors (Lipinski definition) is 3. The fourth-order valence-corrected chi connectivity index (χ4v) is 3.01. The van der Waals surface area contributed by atoms with Crippen LogP contribution >= 0.6 is 12.2 Å². The Morgan fingerprint density at radius 1 is 1.21 bits per heavy atom. The molecule has 3 aromatic rings. The van der Waals surface area contributed by atoms with Gasteiger partial charge in [-0.1, -0.05) is 36.4 Å². The van der Waals surface area contributed by atoms with Crippen LogP contribution in [0.3, 0.4) is 0 Å². The summed E-state index contributed by atoms with van der Waals surface area (Å²) in [6, 6.07) is 16.5. The molecule has 0 unspecified atom stereocenters. The van der Waals surface area contributed by atoms with E-state index in [1.54, 1.807) is 29.7 Å². The minimum absolute atomic E-state index is 0.110. The van der Waals surface area contributed by atoms with Crippen LogP contribution in [0.4, 0.5) is 0 Å². The molecule has 0 aliphatic carbocycles. The second kappa shape index (κ2) is 8.49. The van der Waals surface area contributed by atoms with E-state index in [9.17, 15) is 9.90 Å². The van der Waals surface area contributed by atoms with E-state index in [0.717, 1.165) is 0 Å². The van der Waals surface area contributed by atoms with Gasteiger partial charge >= 0.3 is 0 Å². The number of rotatable bonds is 5. The maximum Gasteiger partial charge on any atom is 0.268 e. The van der Waals surface area contributed by atoms with Crippen molar-refractivity contribution in [2.75, 3.05) is 6.54 Å². The summed E-state index contributed by atoms with van der Waals surface area (Å²) in [6.45, 7) is 5.73. The van der Waals surface area contributed by atoms with Gasteiger partial charge in [0.25, 0.3) is 5.56 Å². The second-order valence-corrected chi connectivity index (χ2v) is 6.43. The summed E-state index contributed by atoms with van der Waals surface area (Å²) in [7, 11) is 0. The molecule has 0 aliphatic heterocycles. The monoisotopic (exact) mass is 392 g/mol. The van der Waals surface area contributed by atoms with Crippen molar-refractivity contribution in [2.45, 2.75) is 6.92 Å². The molecule has 6 nitrogen and oxygen atoms in total. The molecule has 0 saturated carbocycles. The predicted molar refractivity (Wildman–Crippen MR) is 117 cm³/mol. The lowest BCUT2D eigenvalue weighted by Gasteiger charge is -2.15. The third-order valence-electron chi connectivity index (χ3n) is 4.16. The normalized spacial score (nSPS) is 11.2. The molecule has 2 aromatic carbocycles. The van der Waals surface area contributed by atoms with E-state index >= 15 is 0 Å². The van der Waals surface area contributed by atoms with Crippen LogP contribution in [0.2, 0.25) is 0 Å². The van der Waals surface area contributed by atoms with E-state index in [2.05, 4.69) is 22.4 Å². The van der Waals surface area contributed by atoms with Crippen molar-refractivity contribution < 1.29 is 5.11 Å². The van der Waals surface area contributed by atoms with Crippen LogP contribution in [0.25, 0.3) is 16.6 Å². The first-order valence-corrected chi connectivity index (χ1v) is 9.07.